The van der Waals surface area contributed by atoms with Gasteiger partial charge in [0.2, 0.25) is 94.1 Å². The first-order valence-corrected chi connectivity index (χ1v) is 12.5. The summed E-state index contributed by atoms with van der Waals surface area (Å²) < 4.78 is 280. The molecule has 0 saturated carbocycles. The molecule has 0 aromatic heterocycles. The molecule has 0 aliphatic rings. The Bertz CT molecular complexity index is 1630. The lowest BCUT2D eigenvalue weighted by atomic mass is 10.2. The molecule has 25 heteroatoms. The van der Waals surface area contributed by atoms with E-state index in [1.165, 1.54) is 0 Å². The van der Waals surface area contributed by atoms with Crippen LogP contribution >= 0.6 is 0 Å². The standard InChI is InChI=1S/C16H6F12O3.C10H6F8O2/c17-3-31-15-11(25)9(23)14(10(24)12(15)26)30-2-16(27,28)1-29-13-7(21)5(19)4(18)6(20)8(13)22;11-1-2-20-10(17,18)3-19-9-7(15)5(13)4(12)6(14)8(9)16/h1-3H2;1-3H2. The third-order valence-corrected chi connectivity index (χ3v) is 5.35. The molecule has 3 aromatic carbocycles. The first-order chi connectivity index (χ1) is 23.5. The van der Waals surface area contributed by atoms with Crippen LogP contribution in [0.15, 0.2) is 0 Å². The highest BCUT2D eigenvalue weighted by Gasteiger charge is 2.37. The third-order valence-electron chi connectivity index (χ3n) is 5.35. The predicted octanol–water partition coefficient (Wildman–Crippen LogP) is 8.68. The van der Waals surface area contributed by atoms with E-state index in [-0.39, 0.29) is 0 Å². The minimum atomic E-state index is -4.44. The molecule has 0 unspecified atom stereocenters. The first-order valence-electron chi connectivity index (χ1n) is 12.5. The average Bonchev–Trinajstić information content (AvgIpc) is 3.08. The zero-order valence-electron chi connectivity index (χ0n) is 23.8. The molecule has 0 aliphatic carbocycles. The van der Waals surface area contributed by atoms with Gasteiger partial charge in [-0.05, 0) is 0 Å². The van der Waals surface area contributed by atoms with Gasteiger partial charge in [-0.3, -0.25) is 0 Å². The summed E-state index contributed by atoms with van der Waals surface area (Å²) in [6.45, 7) is -10.3. The minimum Gasteiger partial charge on any atom is -0.481 e. The first kappa shape index (κ1) is 42.6. The number of halogens is 20. The van der Waals surface area contributed by atoms with Crippen molar-refractivity contribution in [1.82, 2.24) is 0 Å². The van der Waals surface area contributed by atoms with Gasteiger partial charge >= 0.3 is 12.0 Å². The smallest absolute Gasteiger partial charge is 0.389 e. The van der Waals surface area contributed by atoms with Gasteiger partial charge in [0, 0.05) is 0 Å². The van der Waals surface area contributed by atoms with Crippen molar-refractivity contribution in [2.75, 3.05) is 40.0 Å². The summed E-state index contributed by atoms with van der Waals surface area (Å²) in [6, 6.07) is 0. The highest BCUT2D eigenvalue weighted by molar-refractivity contribution is 5.38. The molecule has 0 atom stereocenters. The van der Waals surface area contributed by atoms with Gasteiger partial charge in [0.1, 0.15) is 6.67 Å². The molecule has 0 saturated heterocycles. The van der Waals surface area contributed by atoms with Crippen LogP contribution in [0.25, 0.3) is 0 Å². The molecule has 0 amide bonds. The van der Waals surface area contributed by atoms with Crippen molar-refractivity contribution >= 4 is 0 Å². The van der Waals surface area contributed by atoms with E-state index in [1.807, 2.05) is 0 Å². The predicted molar refractivity (Wildman–Crippen MR) is 124 cm³/mol. The van der Waals surface area contributed by atoms with E-state index >= 15 is 0 Å². The van der Waals surface area contributed by atoms with Gasteiger partial charge in [-0.1, -0.05) is 0 Å². The maximum absolute atomic E-state index is 13.7. The Labute approximate surface area is 268 Å². The number of hydrogen-bond acceptors (Lipinski definition) is 5. The Balaban J connectivity index is 0.000000389. The lowest BCUT2D eigenvalue weighted by molar-refractivity contribution is -0.254. The van der Waals surface area contributed by atoms with Crippen LogP contribution in [0.2, 0.25) is 0 Å². The Morgan fingerprint density at radius 3 is 0.902 bits per heavy atom. The van der Waals surface area contributed by atoms with Crippen molar-refractivity contribution in [1.29, 1.82) is 0 Å². The number of ether oxygens (including phenoxy) is 5. The second-order valence-corrected chi connectivity index (χ2v) is 8.86. The van der Waals surface area contributed by atoms with Crippen molar-refractivity contribution in [2.24, 2.45) is 0 Å². The summed E-state index contributed by atoms with van der Waals surface area (Å²) in [4.78, 5) is 0. The van der Waals surface area contributed by atoms with Crippen LogP contribution in [0, 0.1) is 81.4 Å². The SMILES string of the molecule is FCCOC(F)(F)COc1c(F)c(F)c(F)c(F)c1F.FCOc1c(F)c(F)c(OCC(F)(F)COc2c(F)c(F)c(F)c(F)c2F)c(F)c1F. The van der Waals surface area contributed by atoms with Gasteiger partial charge in [0.25, 0.3) is 0 Å². The zero-order valence-corrected chi connectivity index (χ0v) is 23.8. The molecule has 0 bridgehead atoms. The van der Waals surface area contributed by atoms with E-state index in [9.17, 15) is 87.8 Å². The highest BCUT2D eigenvalue weighted by atomic mass is 19.3. The molecule has 51 heavy (non-hydrogen) atoms. The van der Waals surface area contributed by atoms with E-state index in [0.29, 0.717) is 0 Å². The van der Waals surface area contributed by atoms with Crippen molar-refractivity contribution in [2.45, 2.75) is 12.0 Å². The second kappa shape index (κ2) is 17.1. The van der Waals surface area contributed by atoms with Gasteiger partial charge in [0.15, 0.2) is 37.1 Å². The van der Waals surface area contributed by atoms with Crippen LogP contribution in [0.4, 0.5) is 87.8 Å². The Morgan fingerprint density at radius 1 is 0.353 bits per heavy atom. The molecule has 286 valence electrons. The fraction of sp³-hybridized carbons (Fsp3) is 0.308. The van der Waals surface area contributed by atoms with Crippen molar-refractivity contribution < 1.29 is 111 Å². The maximum Gasteiger partial charge on any atom is 0.389 e. The summed E-state index contributed by atoms with van der Waals surface area (Å²) in [5, 5.41) is 0. The maximum atomic E-state index is 13.7. The van der Waals surface area contributed by atoms with Crippen LogP contribution < -0.4 is 18.9 Å². The monoisotopic (exact) mass is 784 g/mol. The van der Waals surface area contributed by atoms with Crippen molar-refractivity contribution in [3.8, 4) is 23.0 Å². The van der Waals surface area contributed by atoms with E-state index in [0.717, 1.165) is 0 Å². The highest BCUT2D eigenvalue weighted by Crippen LogP contribution is 2.36. The van der Waals surface area contributed by atoms with Gasteiger partial charge in [0.05, 0.1) is 6.61 Å². The lowest BCUT2D eigenvalue weighted by Gasteiger charge is -2.19. The molecule has 0 radical (unpaired) electrons. The lowest BCUT2D eigenvalue weighted by Crippen LogP contribution is -2.33. The molecule has 3 aromatic rings. The minimum absolute atomic E-state index is 1.03. The van der Waals surface area contributed by atoms with Gasteiger partial charge in [-0.2, -0.15) is 52.7 Å². The largest absolute Gasteiger partial charge is 0.481 e. The van der Waals surface area contributed by atoms with Gasteiger partial charge < -0.3 is 23.7 Å². The molecule has 0 N–H and O–H groups in total. The number of benzene rings is 3. The summed E-state index contributed by atoms with van der Waals surface area (Å²) in [5.41, 5.74) is 0. The molecular formula is C26H12F20O5. The Hall–Kier alpha value is -4.58. The zero-order chi connectivity index (χ0) is 39.2. The van der Waals surface area contributed by atoms with Crippen LogP contribution in [-0.2, 0) is 4.74 Å². The fourth-order valence-corrected chi connectivity index (χ4v) is 3.11. The second-order valence-electron chi connectivity index (χ2n) is 8.86. The van der Waals surface area contributed by atoms with Crippen LogP contribution in [0.3, 0.4) is 0 Å². The quantitative estimate of drug-likeness (QED) is 0.0931. The molecule has 0 heterocycles. The summed E-state index contributed by atoms with van der Waals surface area (Å²) >= 11 is 0. The Morgan fingerprint density at radius 2 is 0.608 bits per heavy atom. The van der Waals surface area contributed by atoms with E-state index < -0.39 is 156 Å². The number of alkyl halides is 6. The number of rotatable bonds is 14. The van der Waals surface area contributed by atoms with E-state index in [4.69, 9.17) is 0 Å². The Kier molecular flexibility index (Phi) is 14.3. The molecular weight excluding hydrogens is 772 g/mol. The molecule has 0 aliphatic heterocycles. The molecule has 0 fully saturated rings. The normalized spacial score (nSPS) is 11.7. The molecule has 3 rings (SSSR count). The van der Waals surface area contributed by atoms with E-state index in [1.54, 1.807) is 0 Å². The average molecular weight is 784 g/mol. The van der Waals surface area contributed by atoms with E-state index in [2.05, 4.69) is 23.7 Å². The molecule has 0 spiro atoms. The van der Waals surface area contributed by atoms with Crippen molar-refractivity contribution in [3.63, 3.8) is 0 Å². The van der Waals surface area contributed by atoms with Crippen LogP contribution in [0.1, 0.15) is 0 Å². The van der Waals surface area contributed by atoms with Crippen LogP contribution in [-0.4, -0.2) is 52.0 Å². The fourth-order valence-electron chi connectivity index (χ4n) is 3.11. The van der Waals surface area contributed by atoms with Gasteiger partial charge in [-0.25, -0.2) is 35.1 Å². The summed E-state index contributed by atoms with van der Waals surface area (Å²) in [5.74, 6) is -46.4. The molecule has 5 nitrogen and oxygen atoms in total. The summed E-state index contributed by atoms with van der Waals surface area (Å²) in [7, 11) is 0. The van der Waals surface area contributed by atoms with Gasteiger partial charge in [-0.15, -0.1) is 0 Å². The number of hydrogen-bond donors (Lipinski definition) is 0. The summed E-state index contributed by atoms with van der Waals surface area (Å²) in [6.07, 6.45) is -4.16. The van der Waals surface area contributed by atoms with Crippen LogP contribution in [0.5, 0.6) is 23.0 Å². The topological polar surface area (TPSA) is 46.2 Å². The third kappa shape index (κ3) is 9.81. The van der Waals surface area contributed by atoms with Crippen molar-refractivity contribution in [3.05, 3.63) is 81.4 Å².